The highest BCUT2D eigenvalue weighted by molar-refractivity contribution is 5.86. The minimum absolute atomic E-state index is 0.0327. The molecule has 2 amide bonds. The smallest absolute Gasteiger partial charge is 0.407 e. The first kappa shape index (κ1) is 24.8. The third-order valence-corrected chi connectivity index (χ3v) is 7.43. The second kappa shape index (κ2) is 10.5. The quantitative estimate of drug-likeness (QED) is 0.490. The summed E-state index contributed by atoms with van der Waals surface area (Å²) in [6.07, 6.45) is 2.00. The molecule has 0 bridgehead atoms. The number of carboxylic acid groups (broad SMARTS) is 1. The summed E-state index contributed by atoms with van der Waals surface area (Å²) in [6.45, 7) is 5.72. The Morgan fingerprint density at radius 2 is 1.51 bits per heavy atom. The normalized spacial score (nSPS) is 17.5. The molecule has 2 aromatic rings. The first-order chi connectivity index (χ1) is 16.8. The zero-order valence-corrected chi connectivity index (χ0v) is 20.5. The van der Waals surface area contributed by atoms with Crippen LogP contribution >= 0.6 is 0 Å². The zero-order chi connectivity index (χ0) is 25.1. The van der Waals surface area contributed by atoms with Crippen LogP contribution in [0.25, 0.3) is 11.1 Å². The molecule has 7 nitrogen and oxygen atoms in total. The van der Waals surface area contributed by atoms with Crippen LogP contribution in [0.2, 0.25) is 0 Å². The molecule has 2 aliphatic rings. The molecule has 35 heavy (non-hydrogen) atoms. The molecule has 0 heterocycles. The lowest BCUT2D eigenvalue weighted by Crippen LogP contribution is -2.54. The Morgan fingerprint density at radius 3 is 2.00 bits per heavy atom. The van der Waals surface area contributed by atoms with Crippen molar-refractivity contribution in [3.05, 3.63) is 59.7 Å². The van der Waals surface area contributed by atoms with Gasteiger partial charge in [-0.15, -0.1) is 0 Å². The number of hydrogen-bond donors (Lipinski definition) is 3. The first-order valence-electron chi connectivity index (χ1n) is 12.4. The fraction of sp³-hybridized carbons (Fsp3) is 0.464. The molecule has 1 fully saturated rings. The molecule has 0 aromatic heterocycles. The molecule has 2 aliphatic carbocycles. The molecule has 3 N–H and O–H groups in total. The highest BCUT2D eigenvalue weighted by Gasteiger charge is 2.37. The SMILES string of the molecule is CC(C)C(C(=O)NC(C(=O)O)C1CCC1)C(C)NC(=O)OCC1c2ccccc2-c2ccccc21. The lowest BCUT2D eigenvalue weighted by molar-refractivity contribution is -0.145. The molecule has 0 spiro atoms. The number of nitrogens with one attached hydrogen (secondary N) is 2. The van der Waals surface area contributed by atoms with Crippen molar-refractivity contribution in [1.29, 1.82) is 0 Å². The van der Waals surface area contributed by atoms with Gasteiger partial charge in [0, 0.05) is 12.0 Å². The van der Waals surface area contributed by atoms with Crippen LogP contribution < -0.4 is 10.6 Å². The van der Waals surface area contributed by atoms with Crippen molar-refractivity contribution in [1.82, 2.24) is 10.6 Å². The number of amides is 2. The van der Waals surface area contributed by atoms with Gasteiger partial charge in [0.25, 0.3) is 0 Å². The number of carbonyl (C=O) groups is 3. The van der Waals surface area contributed by atoms with E-state index in [4.69, 9.17) is 4.74 Å². The topological polar surface area (TPSA) is 105 Å². The van der Waals surface area contributed by atoms with Crippen LogP contribution in [0.15, 0.2) is 48.5 Å². The number of rotatable bonds is 9. The van der Waals surface area contributed by atoms with Crippen molar-refractivity contribution in [3.8, 4) is 11.1 Å². The lowest BCUT2D eigenvalue weighted by Gasteiger charge is -2.34. The summed E-state index contributed by atoms with van der Waals surface area (Å²) < 4.78 is 5.63. The van der Waals surface area contributed by atoms with Crippen molar-refractivity contribution in [2.45, 2.75) is 58.0 Å². The van der Waals surface area contributed by atoms with Crippen LogP contribution in [0, 0.1) is 17.8 Å². The molecule has 0 aliphatic heterocycles. The predicted molar refractivity (Wildman–Crippen MR) is 133 cm³/mol. The molecule has 2 aromatic carbocycles. The highest BCUT2D eigenvalue weighted by atomic mass is 16.5. The monoisotopic (exact) mass is 478 g/mol. The van der Waals surface area contributed by atoms with Gasteiger partial charge in [0.15, 0.2) is 0 Å². The summed E-state index contributed by atoms with van der Waals surface area (Å²) in [5.74, 6) is -2.14. The Bertz CT molecular complexity index is 1050. The first-order valence-corrected chi connectivity index (χ1v) is 12.4. The lowest BCUT2D eigenvalue weighted by atomic mass is 9.79. The Hall–Kier alpha value is -3.35. The van der Waals surface area contributed by atoms with Crippen LogP contribution in [0.1, 0.15) is 57.1 Å². The fourth-order valence-corrected chi connectivity index (χ4v) is 5.43. The van der Waals surface area contributed by atoms with Gasteiger partial charge in [0.2, 0.25) is 5.91 Å². The van der Waals surface area contributed by atoms with Gasteiger partial charge in [-0.05, 0) is 53.9 Å². The van der Waals surface area contributed by atoms with E-state index < -0.39 is 30.1 Å². The van der Waals surface area contributed by atoms with Crippen molar-refractivity contribution >= 4 is 18.0 Å². The number of carboxylic acids is 1. The summed E-state index contributed by atoms with van der Waals surface area (Å²) in [4.78, 5) is 37.5. The van der Waals surface area contributed by atoms with E-state index in [1.807, 2.05) is 38.1 Å². The molecule has 3 atom stereocenters. The van der Waals surface area contributed by atoms with Crippen LogP contribution in [0.5, 0.6) is 0 Å². The molecule has 3 unspecified atom stereocenters. The summed E-state index contributed by atoms with van der Waals surface area (Å²) in [6, 6.07) is 14.8. The van der Waals surface area contributed by atoms with Gasteiger partial charge in [-0.3, -0.25) is 4.79 Å². The summed E-state index contributed by atoms with van der Waals surface area (Å²) >= 11 is 0. The number of hydrogen-bond acceptors (Lipinski definition) is 4. The number of aliphatic carboxylic acids is 1. The van der Waals surface area contributed by atoms with Crippen molar-refractivity contribution in [3.63, 3.8) is 0 Å². The zero-order valence-electron chi connectivity index (χ0n) is 20.5. The van der Waals surface area contributed by atoms with Crippen LogP contribution in [0.4, 0.5) is 4.79 Å². The maximum atomic E-state index is 13.0. The summed E-state index contributed by atoms with van der Waals surface area (Å²) in [5, 5.41) is 15.1. The molecular weight excluding hydrogens is 444 g/mol. The Labute approximate surface area is 206 Å². The van der Waals surface area contributed by atoms with E-state index in [0.717, 1.165) is 41.5 Å². The molecule has 0 radical (unpaired) electrons. The number of fused-ring (bicyclic) bond motifs is 3. The van der Waals surface area contributed by atoms with E-state index in [1.54, 1.807) is 6.92 Å². The maximum Gasteiger partial charge on any atom is 0.407 e. The molecule has 0 saturated heterocycles. The highest BCUT2D eigenvalue weighted by Crippen LogP contribution is 2.44. The van der Waals surface area contributed by atoms with E-state index in [9.17, 15) is 19.5 Å². The van der Waals surface area contributed by atoms with Gasteiger partial charge in [-0.25, -0.2) is 9.59 Å². The van der Waals surface area contributed by atoms with Crippen molar-refractivity contribution in [2.24, 2.45) is 17.8 Å². The average Bonchev–Trinajstić information content (AvgIpc) is 3.09. The largest absolute Gasteiger partial charge is 0.480 e. The fourth-order valence-electron chi connectivity index (χ4n) is 5.43. The average molecular weight is 479 g/mol. The number of ether oxygens (including phenoxy) is 1. The van der Waals surface area contributed by atoms with E-state index in [0.29, 0.717) is 0 Å². The van der Waals surface area contributed by atoms with Crippen LogP contribution in [-0.4, -0.2) is 41.8 Å². The van der Waals surface area contributed by atoms with Gasteiger partial charge in [-0.2, -0.15) is 0 Å². The second-order valence-corrected chi connectivity index (χ2v) is 10.0. The Balaban J connectivity index is 1.38. The number of alkyl carbamates (subject to hydrolysis) is 1. The molecule has 1 saturated carbocycles. The maximum absolute atomic E-state index is 13.0. The Morgan fingerprint density at radius 1 is 0.943 bits per heavy atom. The molecule has 7 heteroatoms. The van der Waals surface area contributed by atoms with E-state index in [2.05, 4.69) is 34.9 Å². The minimum atomic E-state index is -1.01. The van der Waals surface area contributed by atoms with Gasteiger partial charge >= 0.3 is 12.1 Å². The van der Waals surface area contributed by atoms with Gasteiger partial charge < -0.3 is 20.5 Å². The second-order valence-electron chi connectivity index (χ2n) is 10.0. The molecule has 4 rings (SSSR count). The summed E-state index contributed by atoms with van der Waals surface area (Å²) in [7, 11) is 0. The van der Waals surface area contributed by atoms with E-state index in [-0.39, 0.29) is 30.3 Å². The van der Waals surface area contributed by atoms with Gasteiger partial charge in [-0.1, -0.05) is 68.8 Å². The number of benzene rings is 2. The van der Waals surface area contributed by atoms with Crippen LogP contribution in [0.3, 0.4) is 0 Å². The van der Waals surface area contributed by atoms with E-state index in [1.165, 1.54) is 0 Å². The predicted octanol–water partition coefficient (Wildman–Crippen LogP) is 4.56. The van der Waals surface area contributed by atoms with E-state index >= 15 is 0 Å². The third kappa shape index (κ3) is 5.19. The van der Waals surface area contributed by atoms with Crippen LogP contribution in [-0.2, 0) is 14.3 Å². The molecule has 186 valence electrons. The number of carbonyl (C=O) groups excluding carboxylic acids is 2. The van der Waals surface area contributed by atoms with Gasteiger partial charge in [0.1, 0.15) is 12.6 Å². The molecular formula is C28H34N2O5. The standard InChI is InChI=1S/C28H34N2O5/c1-16(2)24(26(31)30-25(27(32)33)18-9-8-10-18)17(3)29-28(34)35-15-23-21-13-6-4-11-19(21)20-12-5-7-14-22(20)23/h4-7,11-14,16-18,23-25H,8-10,15H2,1-3H3,(H,29,34)(H,30,31)(H,32,33). The van der Waals surface area contributed by atoms with Crippen molar-refractivity contribution < 1.29 is 24.2 Å². The van der Waals surface area contributed by atoms with Gasteiger partial charge in [0.05, 0.1) is 5.92 Å². The summed E-state index contributed by atoms with van der Waals surface area (Å²) in [5.41, 5.74) is 4.57. The van der Waals surface area contributed by atoms with Crippen molar-refractivity contribution in [2.75, 3.05) is 6.61 Å². The minimum Gasteiger partial charge on any atom is -0.480 e. The third-order valence-electron chi connectivity index (χ3n) is 7.43. The Kier molecular flexibility index (Phi) is 7.43.